The minimum atomic E-state index is -0.814. The summed E-state index contributed by atoms with van der Waals surface area (Å²) >= 11 is 0. The molecule has 5 heteroatoms. The second-order valence-electron chi connectivity index (χ2n) is 8.18. The maximum atomic E-state index is 9.82. The fourth-order valence-electron chi connectivity index (χ4n) is 4.18. The third kappa shape index (κ3) is 3.92. The summed E-state index contributed by atoms with van der Waals surface area (Å²) in [7, 11) is 0. The van der Waals surface area contributed by atoms with Crippen molar-refractivity contribution in [2.24, 2.45) is 5.92 Å². The molecule has 0 amide bonds. The van der Waals surface area contributed by atoms with Crippen LogP contribution in [0.4, 0.5) is 0 Å². The van der Waals surface area contributed by atoms with Crippen LogP contribution in [-0.2, 0) is 5.54 Å². The molecule has 0 aliphatic carbocycles. The van der Waals surface area contributed by atoms with E-state index in [0.717, 1.165) is 23.1 Å². The number of rotatable bonds is 8. The summed E-state index contributed by atoms with van der Waals surface area (Å²) < 4.78 is 0. The van der Waals surface area contributed by atoms with Crippen LogP contribution in [0.25, 0.3) is 0 Å². The third-order valence-electron chi connectivity index (χ3n) is 6.11. The second kappa shape index (κ2) is 9.57. The lowest BCUT2D eigenvalue weighted by molar-refractivity contribution is 0.392. The lowest BCUT2D eigenvalue weighted by Gasteiger charge is -2.34. The molecule has 0 spiro atoms. The van der Waals surface area contributed by atoms with E-state index in [0.29, 0.717) is 18.2 Å². The Kier molecular flexibility index (Phi) is 6.42. The normalized spacial score (nSPS) is 13.3. The van der Waals surface area contributed by atoms with Crippen LogP contribution in [0, 0.1) is 17.2 Å². The molecule has 0 bridgehead atoms. The van der Waals surface area contributed by atoms with Gasteiger partial charge < -0.3 is 0 Å². The Morgan fingerprint density at radius 1 is 0.844 bits per heavy atom. The lowest BCUT2D eigenvalue weighted by atomic mass is 9.77. The van der Waals surface area contributed by atoms with Crippen molar-refractivity contribution in [2.45, 2.75) is 38.1 Å². The van der Waals surface area contributed by atoms with E-state index in [-0.39, 0.29) is 0 Å². The number of tetrazole rings is 1. The molecule has 3 aromatic carbocycles. The highest BCUT2D eigenvalue weighted by Gasteiger charge is 2.41. The third-order valence-corrected chi connectivity index (χ3v) is 6.11. The standard InChI is InChI=1S/C27H27N5/c1-3-21(2)19-22(20-28)26-29-31-32(30-26)27(23-13-7-4-8-14-23,24-15-9-5-10-16-24)25-17-11-6-12-18-25/h4-18,21-22H,3,19H2,1-2H3/t21-,22?/m0/s1. The van der Waals surface area contributed by atoms with Crippen LogP contribution in [-0.4, -0.2) is 20.2 Å². The van der Waals surface area contributed by atoms with E-state index in [1.165, 1.54) is 0 Å². The van der Waals surface area contributed by atoms with Gasteiger partial charge in [0.2, 0.25) is 0 Å². The number of hydrogen-bond acceptors (Lipinski definition) is 4. The molecule has 160 valence electrons. The van der Waals surface area contributed by atoms with Crippen LogP contribution in [0.3, 0.4) is 0 Å². The molecule has 32 heavy (non-hydrogen) atoms. The van der Waals surface area contributed by atoms with Gasteiger partial charge in [0, 0.05) is 0 Å². The van der Waals surface area contributed by atoms with E-state index in [9.17, 15) is 5.26 Å². The van der Waals surface area contributed by atoms with Crippen LogP contribution in [0.1, 0.15) is 55.1 Å². The summed E-state index contributed by atoms with van der Waals surface area (Å²) in [5, 5.41) is 23.6. The number of hydrogen-bond donors (Lipinski definition) is 0. The monoisotopic (exact) mass is 421 g/mol. The molecule has 0 N–H and O–H groups in total. The predicted molar refractivity (Wildman–Crippen MR) is 125 cm³/mol. The van der Waals surface area contributed by atoms with E-state index in [4.69, 9.17) is 5.10 Å². The van der Waals surface area contributed by atoms with E-state index in [2.05, 4.69) is 66.6 Å². The summed E-state index contributed by atoms with van der Waals surface area (Å²) in [4.78, 5) is 1.68. The van der Waals surface area contributed by atoms with Crippen LogP contribution in [0.2, 0.25) is 0 Å². The van der Waals surface area contributed by atoms with E-state index < -0.39 is 11.5 Å². The molecule has 2 atom stereocenters. The number of nitrogens with zero attached hydrogens (tertiary/aromatic N) is 5. The molecule has 5 nitrogen and oxygen atoms in total. The molecule has 4 aromatic rings. The van der Waals surface area contributed by atoms with E-state index in [1.807, 2.05) is 54.6 Å². The molecule has 1 heterocycles. The van der Waals surface area contributed by atoms with Crippen molar-refractivity contribution in [2.75, 3.05) is 0 Å². The largest absolute Gasteiger partial charge is 0.198 e. The summed E-state index contributed by atoms with van der Waals surface area (Å²) in [6, 6.07) is 33.1. The van der Waals surface area contributed by atoms with Gasteiger partial charge in [0.15, 0.2) is 11.4 Å². The lowest BCUT2D eigenvalue weighted by Crippen LogP contribution is -2.39. The predicted octanol–water partition coefficient (Wildman–Crippen LogP) is 5.56. The number of nitriles is 1. The van der Waals surface area contributed by atoms with Gasteiger partial charge in [-0.25, -0.2) is 0 Å². The first-order valence-corrected chi connectivity index (χ1v) is 11.1. The van der Waals surface area contributed by atoms with Crippen molar-refractivity contribution >= 4 is 0 Å². The highest BCUT2D eigenvalue weighted by Crippen LogP contribution is 2.39. The van der Waals surface area contributed by atoms with Crippen LogP contribution < -0.4 is 0 Å². The molecule has 0 radical (unpaired) electrons. The van der Waals surface area contributed by atoms with E-state index >= 15 is 0 Å². The van der Waals surface area contributed by atoms with Crippen molar-refractivity contribution in [3.63, 3.8) is 0 Å². The van der Waals surface area contributed by atoms with Gasteiger partial charge in [-0.1, -0.05) is 111 Å². The molecule has 4 rings (SSSR count). The first kappa shape index (κ1) is 21.5. The van der Waals surface area contributed by atoms with Gasteiger partial charge in [-0.15, -0.1) is 15.0 Å². The SMILES string of the molecule is CC[C@H](C)CC(C#N)c1nnn(C(c2ccccc2)(c2ccccc2)c2ccccc2)n1. The summed E-state index contributed by atoms with van der Waals surface area (Å²) in [5.74, 6) is 0.493. The summed E-state index contributed by atoms with van der Waals surface area (Å²) in [5.41, 5.74) is 2.26. The van der Waals surface area contributed by atoms with Crippen molar-refractivity contribution in [1.29, 1.82) is 5.26 Å². The van der Waals surface area contributed by atoms with E-state index in [1.54, 1.807) is 4.80 Å². The minimum Gasteiger partial charge on any atom is -0.198 e. The Bertz CT molecular complexity index is 1070. The first-order valence-electron chi connectivity index (χ1n) is 11.1. The highest BCUT2D eigenvalue weighted by molar-refractivity contribution is 5.49. The second-order valence-corrected chi connectivity index (χ2v) is 8.18. The quantitative estimate of drug-likeness (QED) is 0.350. The fraction of sp³-hybridized carbons (Fsp3) is 0.259. The zero-order valence-corrected chi connectivity index (χ0v) is 18.5. The maximum absolute atomic E-state index is 9.82. The minimum absolute atomic E-state index is 0.390. The summed E-state index contributed by atoms with van der Waals surface area (Å²) in [6.07, 6.45) is 1.72. The van der Waals surface area contributed by atoms with Crippen LogP contribution >= 0.6 is 0 Å². The fourth-order valence-corrected chi connectivity index (χ4v) is 4.18. The molecule has 1 unspecified atom stereocenters. The number of aromatic nitrogens is 4. The molecule has 1 aromatic heterocycles. The van der Waals surface area contributed by atoms with Gasteiger partial charge in [0.05, 0.1) is 6.07 Å². The maximum Gasteiger partial charge on any atom is 0.191 e. The van der Waals surface area contributed by atoms with Gasteiger partial charge >= 0.3 is 0 Å². The summed E-state index contributed by atoms with van der Waals surface area (Å²) in [6.45, 7) is 4.28. The van der Waals surface area contributed by atoms with Crippen molar-refractivity contribution in [3.8, 4) is 6.07 Å². The van der Waals surface area contributed by atoms with Crippen molar-refractivity contribution < 1.29 is 0 Å². The van der Waals surface area contributed by atoms with Gasteiger partial charge in [0.25, 0.3) is 0 Å². The zero-order chi connectivity index (χ0) is 22.4. The average molecular weight is 422 g/mol. The molecule has 0 saturated carbocycles. The van der Waals surface area contributed by atoms with Gasteiger partial charge in [-0.2, -0.15) is 5.26 Å². The van der Waals surface area contributed by atoms with Crippen LogP contribution in [0.5, 0.6) is 0 Å². The number of benzene rings is 3. The average Bonchev–Trinajstić information content (AvgIpc) is 3.35. The Balaban J connectivity index is 1.96. The Morgan fingerprint density at radius 3 is 1.72 bits per heavy atom. The van der Waals surface area contributed by atoms with Crippen molar-refractivity contribution in [1.82, 2.24) is 20.2 Å². The molecular weight excluding hydrogens is 394 g/mol. The molecule has 0 saturated heterocycles. The zero-order valence-electron chi connectivity index (χ0n) is 18.5. The highest BCUT2D eigenvalue weighted by atomic mass is 15.6. The van der Waals surface area contributed by atoms with Gasteiger partial charge in [0.1, 0.15) is 5.92 Å². The molecular formula is C27H27N5. The van der Waals surface area contributed by atoms with Gasteiger partial charge in [-0.05, 0) is 34.2 Å². The topological polar surface area (TPSA) is 67.4 Å². The van der Waals surface area contributed by atoms with Crippen molar-refractivity contribution in [3.05, 3.63) is 114 Å². The Morgan fingerprint density at radius 2 is 1.31 bits per heavy atom. The van der Waals surface area contributed by atoms with Crippen LogP contribution in [0.15, 0.2) is 91.0 Å². The first-order chi connectivity index (χ1) is 15.7. The smallest absolute Gasteiger partial charge is 0.191 e. The molecule has 0 aliphatic heterocycles. The Labute approximate surface area is 189 Å². The molecule has 0 aliphatic rings. The molecule has 0 fully saturated rings. The Hall–Kier alpha value is -3.78. The van der Waals surface area contributed by atoms with Gasteiger partial charge in [-0.3, -0.25) is 0 Å².